The number of hydrogen-bond acceptors (Lipinski definition) is 6. The minimum Gasteiger partial charge on any atom is -0.442 e. The number of carbonyl (C=O) groups excluding carboxylic acids is 3. The molecule has 2 aromatic rings. The van der Waals surface area contributed by atoms with Crippen molar-refractivity contribution in [3.8, 4) is 0 Å². The number of rotatable bonds is 8. The molecule has 0 radical (unpaired) electrons. The lowest BCUT2D eigenvalue weighted by Gasteiger charge is -2.24. The second-order valence-electron chi connectivity index (χ2n) is 7.98. The summed E-state index contributed by atoms with van der Waals surface area (Å²) >= 11 is 1.71. The highest BCUT2D eigenvalue weighted by molar-refractivity contribution is 7.99. The first-order chi connectivity index (χ1) is 16.0. The number of carbonyl (C=O) groups is 3. The number of benzene rings is 2. The third-order valence-electron chi connectivity index (χ3n) is 5.65. The average Bonchev–Trinajstić information content (AvgIpc) is 3.22. The van der Waals surface area contributed by atoms with Gasteiger partial charge in [-0.15, -0.1) is 0 Å². The van der Waals surface area contributed by atoms with E-state index in [0.29, 0.717) is 23.4 Å². The Hall–Kier alpha value is -2.91. The van der Waals surface area contributed by atoms with Crippen molar-refractivity contribution in [2.75, 3.05) is 36.8 Å². The molecule has 0 aliphatic carbocycles. The highest BCUT2D eigenvalue weighted by Crippen LogP contribution is 2.34. The monoisotopic (exact) mass is 471 g/mol. The summed E-state index contributed by atoms with van der Waals surface area (Å²) in [5.41, 5.74) is 1.62. The SMILES string of the molecule is O=C(CCC(=O)c1ccccc1)NCC1CN(c2ccc(C3CNCCS3)c(F)c2)C(=O)O1. The first-order valence-corrected chi connectivity index (χ1v) is 12.0. The van der Waals surface area contributed by atoms with Crippen LogP contribution in [-0.4, -0.2) is 55.8 Å². The van der Waals surface area contributed by atoms with Gasteiger partial charge in [0.15, 0.2) is 5.78 Å². The summed E-state index contributed by atoms with van der Waals surface area (Å²) in [5.74, 6) is 0.194. The Morgan fingerprint density at radius 3 is 2.73 bits per heavy atom. The van der Waals surface area contributed by atoms with Crippen LogP contribution in [0.25, 0.3) is 0 Å². The van der Waals surface area contributed by atoms with Crippen LogP contribution in [0.2, 0.25) is 0 Å². The maximum absolute atomic E-state index is 14.7. The van der Waals surface area contributed by atoms with E-state index in [9.17, 15) is 18.8 Å². The van der Waals surface area contributed by atoms with Gasteiger partial charge in [0, 0.05) is 48.1 Å². The fraction of sp³-hybridized carbons (Fsp3) is 0.375. The Labute approximate surface area is 196 Å². The molecule has 2 saturated heterocycles. The molecule has 0 saturated carbocycles. The van der Waals surface area contributed by atoms with E-state index in [1.165, 1.54) is 11.0 Å². The van der Waals surface area contributed by atoms with Crippen molar-refractivity contribution in [3.05, 3.63) is 65.5 Å². The Morgan fingerprint density at radius 2 is 2.00 bits per heavy atom. The number of cyclic esters (lactones) is 1. The summed E-state index contributed by atoms with van der Waals surface area (Å²) in [6.45, 7) is 1.97. The number of halogens is 1. The standard InChI is InChI=1S/C24H26FN3O4S/c25-20-12-17(6-7-19(20)22-14-26-10-11-33-22)28-15-18(32-24(28)31)13-27-23(30)9-8-21(29)16-4-2-1-3-5-16/h1-7,12,18,22,26H,8-11,13-15H2,(H,27,30). The number of hydrogen-bond donors (Lipinski definition) is 2. The Balaban J connectivity index is 1.26. The van der Waals surface area contributed by atoms with Crippen LogP contribution in [0, 0.1) is 5.82 Å². The number of anilines is 1. The number of nitrogens with zero attached hydrogens (tertiary/aromatic N) is 1. The van der Waals surface area contributed by atoms with Gasteiger partial charge in [-0.25, -0.2) is 9.18 Å². The van der Waals surface area contributed by atoms with Gasteiger partial charge in [-0.3, -0.25) is 14.5 Å². The van der Waals surface area contributed by atoms with Gasteiger partial charge in [-0.1, -0.05) is 36.4 Å². The van der Waals surface area contributed by atoms with E-state index in [1.54, 1.807) is 48.2 Å². The zero-order valence-corrected chi connectivity index (χ0v) is 18.9. The van der Waals surface area contributed by atoms with Gasteiger partial charge in [-0.05, 0) is 12.1 Å². The molecule has 7 nitrogen and oxygen atoms in total. The molecule has 0 bridgehead atoms. The third-order valence-corrected chi connectivity index (χ3v) is 6.91. The van der Waals surface area contributed by atoms with Gasteiger partial charge in [0.25, 0.3) is 0 Å². The summed E-state index contributed by atoms with van der Waals surface area (Å²) in [6.07, 6.45) is -0.965. The molecular weight excluding hydrogens is 445 g/mol. The molecule has 2 aliphatic heterocycles. The van der Waals surface area contributed by atoms with Crippen molar-refractivity contribution in [2.45, 2.75) is 24.2 Å². The molecule has 33 heavy (non-hydrogen) atoms. The molecule has 9 heteroatoms. The van der Waals surface area contributed by atoms with Gasteiger partial charge < -0.3 is 15.4 Å². The molecule has 2 heterocycles. The second kappa shape index (κ2) is 10.8. The van der Waals surface area contributed by atoms with Crippen molar-refractivity contribution in [3.63, 3.8) is 0 Å². The minimum absolute atomic E-state index is 0.0510. The maximum Gasteiger partial charge on any atom is 0.414 e. The van der Waals surface area contributed by atoms with Crippen molar-refractivity contribution in [1.29, 1.82) is 0 Å². The van der Waals surface area contributed by atoms with E-state index in [1.807, 2.05) is 6.07 Å². The summed E-state index contributed by atoms with van der Waals surface area (Å²) in [4.78, 5) is 37.9. The normalized spacial score (nSPS) is 20.4. The molecule has 2 aliphatic rings. The van der Waals surface area contributed by atoms with Crippen LogP contribution in [0.5, 0.6) is 0 Å². The predicted molar refractivity (Wildman–Crippen MR) is 125 cm³/mol. The van der Waals surface area contributed by atoms with Crippen LogP contribution in [0.4, 0.5) is 14.9 Å². The Morgan fingerprint density at radius 1 is 1.18 bits per heavy atom. The molecule has 2 N–H and O–H groups in total. The molecule has 0 spiro atoms. The molecule has 0 aromatic heterocycles. The van der Waals surface area contributed by atoms with E-state index in [-0.39, 0.29) is 48.7 Å². The predicted octanol–water partition coefficient (Wildman–Crippen LogP) is 3.31. The molecule has 2 unspecified atom stereocenters. The van der Waals surface area contributed by atoms with Gasteiger partial charge >= 0.3 is 6.09 Å². The molecular formula is C24H26FN3O4S. The molecule has 174 valence electrons. The Bertz CT molecular complexity index is 1010. The third kappa shape index (κ3) is 5.91. The first-order valence-electron chi connectivity index (χ1n) is 11.0. The highest BCUT2D eigenvalue weighted by Gasteiger charge is 2.33. The van der Waals surface area contributed by atoms with Crippen molar-refractivity contribution in [2.24, 2.45) is 0 Å². The summed E-state index contributed by atoms with van der Waals surface area (Å²) in [7, 11) is 0. The van der Waals surface area contributed by atoms with Crippen molar-refractivity contribution < 1.29 is 23.5 Å². The van der Waals surface area contributed by atoms with E-state index < -0.39 is 12.2 Å². The van der Waals surface area contributed by atoms with Crippen LogP contribution >= 0.6 is 11.8 Å². The number of nitrogens with one attached hydrogen (secondary N) is 2. The number of thioether (sulfide) groups is 1. The van der Waals surface area contributed by atoms with Crippen LogP contribution in [0.15, 0.2) is 48.5 Å². The van der Waals surface area contributed by atoms with Crippen LogP contribution < -0.4 is 15.5 Å². The van der Waals surface area contributed by atoms with E-state index in [4.69, 9.17) is 4.74 Å². The fourth-order valence-corrected chi connectivity index (χ4v) is 5.01. The van der Waals surface area contributed by atoms with Crippen LogP contribution in [-0.2, 0) is 9.53 Å². The fourth-order valence-electron chi connectivity index (χ4n) is 3.86. The minimum atomic E-state index is -0.575. The number of ketones is 1. The van der Waals surface area contributed by atoms with Crippen molar-refractivity contribution in [1.82, 2.24) is 10.6 Å². The molecule has 2 amide bonds. The van der Waals surface area contributed by atoms with Gasteiger partial charge in [0.2, 0.25) is 5.91 Å². The lowest BCUT2D eigenvalue weighted by molar-refractivity contribution is -0.121. The number of amides is 2. The summed E-state index contributed by atoms with van der Waals surface area (Å²) in [5, 5.41) is 6.02. The van der Waals surface area contributed by atoms with Crippen LogP contribution in [0.3, 0.4) is 0 Å². The topological polar surface area (TPSA) is 87.7 Å². The zero-order chi connectivity index (χ0) is 23.2. The molecule has 2 atom stereocenters. The largest absolute Gasteiger partial charge is 0.442 e. The van der Waals surface area contributed by atoms with Crippen molar-refractivity contribution >= 4 is 35.2 Å². The molecule has 2 fully saturated rings. The van der Waals surface area contributed by atoms with E-state index in [0.717, 1.165) is 12.3 Å². The van der Waals surface area contributed by atoms with E-state index in [2.05, 4.69) is 10.6 Å². The summed E-state index contributed by atoms with van der Waals surface area (Å²) < 4.78 is 20.1. The van der Waals surface area contributed by atoms with E-state index >= 15 is 0 Å². The quantitative estimate of drug-likeness (QED) is 0.575. The van der Waals surface area contributed by atoms with Gasteiger partial charge in [0.1, 0.15) is 11.9 Å². The Kier molecular flexibility index (Phi) is 7.61. The molecule has 4 rings (SSSR count). The smallest absolute Gasteiger partial charge is 0.414 e. The number of ether oxygens (including phenoxy) is 1. The molecule has 2 aromatic carbocycles. The van der Waals surface area contributed by atoms with Crippen LogP contribution in [0.1, 0.15) is 34.0 Å². The number of Topliss-reactive ketones (excluding diaryl/α,β-unsaturated/α-hetero) is 1. The average molecular weight is 472 g/mol. The second-order valence-corrected chi connectivity index (χ2v) is 9.29. The van der Waals surface area contributed by atoms with Gasteiger partial charge in [0.05, 0.1) is 18.8 Å². The first kappa shape index (κ1) is 23.3. The lowest BCUT2D eigenvalue weighted by Crippen LogP contribution is -2.34. The highest BCUT2D eigenvalue weighted by atomic mass is 32.2. The summed E-state index contributed by atoms with van der Waals surface area (Å²) in [6, 6.07) is 13.6. The van der Waals surface area contributed by atoms with Gasteiger partial charge in [-0.2, -0.15) is 11.8 Å². The zero-order valence-electron chi connectivity index (χ0n) is 18.1. The maximum atomic E-state index is 14.7. The lowest BCUT2D eigenvalue weighted by atomic mass is 10.1.